The third-order valence-corrected chi connectivity index (χ3v) is 5.17. The van der Waals surface area contributed by atoms with Crippen LogP contribution in [-0.2, 0) is 9.53 Å². The van der Waals surface area contributed by atoms with E-state index in [2.05, 4.69) is 61.6 Å². The predicted molar refractivity (Wildman–Crippen MR) is 162 cm³/mol. The second-order valence-electron chi connectivity index (χ2n) is 9.95. The average molecular weight is 564 g/mol. The van der Waals surface area contributed by atoms with Crippen LogP contribution in [0.4, 0.5) is 10.5 Å². The Balaban J connectivity index is 1.87. The summed E-state index contributed by atoms with van der Waals surface area (Å²) in [4.78, 5) is 35.5. The summed E-state index contributed by atoms with van der Waals surface area (Å²) in [6, 6.07) is 7.71. The molecule has 0 radical (unpaired) electrons. The fourth-order valence-electron chi connectivity index (χ4n) is 3.23. The summed E-state index contributed by atoms with van der Waals surface area (Å²) in [5, 5.41) is 17.6. The highest BCUT2D eigenvalue weighted by atomic mass is 16.6. The molecule has 1 aromatic heterocycles. The maximum absolute atomic E-state index is 12.2. The molecule has 0 spiro atoms. The maximum atomic E-state index is 12.2. The second kappa shape index (κ2) is 17.1. The van der Waals surface area contributed by atoms with Crippen molar-refractivity contribution in [3.05, 3.63) is 48.4 Å². The quantitative estimate of drug-likeness (QED) is 0.147. The zero-order valence-electron chi connectivity index (χ0n) is 24.6. The number of benzene rings is 1. The van der Waals surface area contributed by atoms with Gasteiger partial charge in [0.25, 0.3) is 0 Å². The minimum Gasteiger partial charge on any atom is -0.444 e. The summed E-state index contributed by atoms with van der Waals surface area (Å²) in [5.41, 5.74) is 1.77. The van der Waals surface area contributed by atoms with Gasteiger partial charge in [-0.2, -0.15) is 15.0 Å². The Hall–Kier alpha value is -4.66. The number of carbonyl (C=O) groups is 2. The molecule has 0 atom stereocenters. The van der Waals surface area contributed by atoms with Gasteiger partial charge in [-0.25, -0.2) is 9.79 Å². The van der Waals surface area contributed by atoms with Gasteiger partial charge in [-0.3, -0.25) is 9.79 Å². The molecule has 12 nitrogen and oxygen atoms in total. The van der Waals surface area contributed by atoms with Gasteiger partial charge in [0.1, 0.15) is 24.7 Å². The number of nitrogens with zero attached hydrogens (tertiary/aromatic N) is 6. The van der Waals surface area contributed by atoms with Gasteiger partial charge in [0, 0.05) is 38.4 Å². The number of carbonyl (C=O) groups excluding carboxylic acids is 2. The molecule has 0 fully saturated rings. The zero-order chi connectivity index (χ0) is 30.1. The Labute approximate surface area is 242 Å². The van der Waals surface area contributed by atoms with Crippen molar-refractivity contribution in [2.75, 3.05) is 38.7 Å². The number of rotatable bonds is 13. The monoisotopic (exact) mass is 563 g/mol. The normalized spacial score (nSPS) is 11.6. The van der Waals surface area contributed by atoms with Crippen LogP contribution in [0.1, 0.15) is 47.0 Å². The molecule has 2 amide bonds. The summed E-state index contributed by atoms with van der Waals surface area (Å²) in [7, 11) is 1.53. The number of amides is 2. The Morgan fingerprint density at radius 3 is 2.49 bits per heavy atom. The number of nitrogens with one attached hydrogen (secondary N) is 3. The third-order valence-electron chi connectivity index (χ3n) is 5.17. The number of unbranched alkanes of at least 4 members (excludes halogenated alkanes) is 1. The molecule has 0 bridgehead atoms. The van der Waals surface area contributed by atoms with Gasteiger partial charge < -0.3 is 25.6 Å². The molecule has 3 N–H and O–H groups in total. The van der Waals surface area contributed by atoms with Crippen LogP contribution in [0.15, 0.2) is 58.4 Å². The average Bonchev–Trinajstić information content (AvgIpc) is 3.46. The maximum Gasteiger partial charge on any atom is 0.410 e. The van der Waals surface area contributed by atoms with Crippen molar-refractivity contribution in [2.24, 2.45) is 9.98 Å². The SMILES string of the molecule is C=N/C=C(C#CCCCNC(=O)CN(C)C(=O)OC(C)(C)C)\C(=N/CNc1ccc(-n2nccn2)cc1)NCCC. The number of anilines is 1. The lowest BCUT2D eigenvalue weighted by Crippen LogP contribution is -2.41. The molecule has 0 aliphatic heterocycles. The molecule has 0 unspecified atom stereocenters. The first-order chi connectivity index (χ1) is 19.6. The number of aromatic nitrogens is 3. The van der Waals surface area contributed by atoms with E-state index in [-0.39, 0.29) is 12.5 Å². The molecule has 0 aliphatic carbocycles. The Bertz CT molecular complexity index is 1240. The van der Waals surface area contributed by atoms with E-state index in [0.717, 1.165) is 24.3 Å². The number of hydrogen-bond acceptors (Lipinski definition) is 8. The summed E-state index contributed by atoms with van der Waals surface area (Å²) in [6.07, 6.45) is 6.41. The molecule has 0 aliphatic rings. The standard InChI is InChI=1S/C29H41N9O3/c1-7-16-32-27(34-22-33-24-12-14-25(15-13-24)38-35-18-19-36-38)23(20-30-5)11-9-8-10-17-31-26(39)21-37(6)28(40)41-29(2,3)4/h12-15,18-20,33H,5,7-8,10,16-17,21-22H2,1-4,6H3,(H,31,39)(H,32,34)/b23-20-. The van der Waals surface area contributed by atoms with Gasteiger partial charge in [-0.05, 0) is 64.6 Å². The van der Waals surface area contributed by atoms with E-state index in [0.29, 0.717) is 37.5 Å². The van der Waals surface area contributed by atoms with Crippen LogP contribution in [0.25, 0.3) is 5.69 Å². The largest absolute Gasteiger partial charge is 0.444 e. The first-order valence-corrected chi connectivity index (χ1v) is 13.5. The van der Waals surface area contributed by atoms with Crippen molar-refractivity contribution in [1.29, 1.82) is 0 Å². The van der Waals surface area contributed by atoms with Gasteiger partial charge in [-0.1, -0.05) is 18.8 Å². The molecule has 0 saturated carbocycles. The number of hydrogen-bond donors (Lipinski definition) is 3. The second-order valence-corrected chi connectivity index (χ2v) is 9.95. The molecule has 12 heteroatoms. The molecule has 2 aromatic rings. The minimum atomic E-state index is -0.617. The van der Waals surface area contributed by atoms with Gasteiger partial charge >= 0.3 is 6.09 Å². The van der Waals surface area contributed by atoms with E-state index in [1.807, 2.05) is 24.3 Å². The Morgan fingerprint density at radius 2 is 1.85 bits per heavy atom. The molecule has 1 heterocycles. The zero-order valence-corrected chi connectivity index (χ0v) is 24.6. The molecule has 41 heavy (non-hydrogen) atoms. The van der Waals surface area contributed by atoms with Crippen LogP contribution in [0.3, 0.4) is 0 Å². The summed E-state index contributed by atoms with van der Waals surface area (Å²) in [5.74, 6) is 6.59. The summed E-state index contributed by atoms with van der Waals surface area (Å²) >= 11 is 0. The molecule has 1 aromatic carbocycles. The fourth-order valence-corrected chi connectivity index (χ4v) is 3.23. The molecular formula is C29H41N9O3. The highest BCUT2D eigenvalue weighted by molar-refractivity contribution is 6.02. The minimum absolute atomic E-state index is 0.0822. The smallest absolute Gasteiger partial charge is 0.410 e. The third kappa shape index (κ3) is 12.8. The molecular weight excluding hydrogens is 522 g/mol. The van der Waals surface area contributed by atoms with Crippen LogP contribution in [0.2, 0.25) is 0 Å². The van der Waals surface area contributed by atoms with Gasteiger partial charge in [0.15, 0.2) is 0 Å². The van der Waals surface area contributed by atoms with Crippen LogP contribution < -0.4 is 16.0 Å². The van der Waals surface area contributed by atoms with Crippen molar-refractivity contribution in [2.45, 2.75) is 52.6 Å². The predicted octanol–water partition coefficient (Wildman–Crippen LogP) is 3.39. The lowest BCUT2D eigenvalue weighted by Gasteiger charge is -2.24. The molecule has 2 rings (SSSR count). The lowest BCUT2D eigenvalue weighted by atomic mass is 10.2. The van der Waals surface area contributed by atoms with Crippen molar-refractivity contribution in [3.63, 3.8) is 0 Å². The topological polar surface area (TPSA) is 138 Å². The van der Waals surface area contributed by atoms with Crippen LogP contribution in [0, 0.1) is 11.8 Å². The first kappa shape index (κ1) is 32.6. The Kier molecular flexibility index (Phi) is 13.6. The number of likely N-dealkylation sites (N-methyl/N-ethyl adjacent to an activating group) is 1. The van der Waals surface area contributed by atoms with E-state index in [9.17, 15) is 9.59 Å². The summed E-state index contributed by atoms with van der Waals surface area (Å²) in [6.45, 7) is 12.4. The molecule has 220 valence electrons. The highest BCUT2D eigenvalue weighted by Gasteiger charge is 2.20. The molecule has 0 saturated heterocycles. The van der Waals surface area contributed by atoms with Crippen molar-refractivity contribution < 1.29 is 14.3 Å². The van der Waals surface area contributed by atoms with Crippen molar-refractivity contribution in [1.82, 2.24) is 30.5 Å². The van der Waals surface area contributed by atoms with E-state index >= 15 is 0 Å². The number of ether oxygens (including phenoxy) is 1. The Morgan fingerprint density at radius 1 is 1.15 bits per heavy atom. The number of amidine groups is 1. The van der Waals surface area contributed by atoms with Gasteiger partial charge in [-0.15, -0.1) is 0 Å². The van der Waals surface area contributed by atoms with Crippen LogP contribution in [-0.4, -0.2) is 83.4 Å². The lowest BCUT2D eigenvalue weighted by molar-refractivity contribution is -0.122. The van der Waals surface area contributed by atoms with Gasteiger partial charge in [0.05, 0.1) is 23.7 Å². The summed E-state index contributed by atoms with van der Waals surface area (Å²) < 4.78 is 5.26. The van der Waals surface area contributed by atoms with E-state index in [1.54, 1.807) is 44.2 Å². The van der Waals surface area contributed by atoms with Crippen molar-refractivity contribution in [3.8, 4) is 17.5 Å². The van der Waals surface area contributed by atoms with E-state index in [1.165, 1.54) is 11.9 Å². The van der Waals surface area contributed by atoms with Gasteiger partial charge in [0.2, 0.25) is 5.91 Å². The van der Waals surface area contributed by atoms with Crippen LogP contribution in [0.5, 0.6) is 0 Å². The van der Waals surface area contributed by atoms with E-state index < -0.39 is 11.7 Å². The number of aliphatic imine (C=N–C) groups is 2. The van der Waals surface area contributed by atoms with E-state index in [4.69, 9.17) is 4.74 Å². The highest BCUT2D eigenvalue weighted by Crippen LogP contribution is 2.12. The fraction of sp³-hybridized carbons (Fsp3) is 0.448. The first-order valence-electron chi connectivity index (χ1n) is 13.5. The van der Waals surface area contributed by atoms with Crippen LogP contribution >= 0.6 is 0 Å². The van der Waals surface area contributed by atoms with Crippen molar-refractivity contribution >= 4 is 30.2 Å².